The summed E-state index contributed by atoms with van der Waals surface area (Å²) >= 11 is 0. The van der Waals surface area contributed by atoms with Crippen LogP contribution in [0.4, 0.5) is 11.4 Å². The Bertz CT molecular complexity index is 1390. The molecular formula is C32H33N3O4. The third kappa shape index (κ3) is 7.46. The van der Waals surface area contributed by atoms with E-state index in [4.69, 9.17) is 9.47 Å². The van der Waals surface area contributed by atoms with Gasteiger partial charge in [0.1, 0.15) is 24.3 Å². The lowest BCUT2D eigenvalue weighted by Crippen LogP contribution is -2.30. The van der Waals surface area contributed by atoms with Crippen molar-refractivity contribution in [2.75, 3.05) is 24.8 Å². The number of methoxy groups -OCH3 is 1. The maximum absolute atomic E-state index is 11.7. The van der Waals surface area contributed by atoms with Crippen LogP contribution in [0.5, 0.6) is 11.5 Å². The van der Waals surface area contributed by atoms with Crippen LogP contribution >= 0.6 is 0 Å². The molecule has 200 valence electrons. The molecule has 0 bridgehead atoms. The van der Waals surface area contributed by atoms with E-state index in [1.165, 1.54) is 12.5 Å². The van der Waals surface area contributed by atoms with Gasteiger partial charge in [-0.25, -0.2) is 0 Å². The molecule has 0 aliphatic rings. The smallest absolute Gasteiger partial charge is 0.221 e. The molecule has 1 unspecified atom stereocenters. The third-order valence-electron chi connectivity index (χ3n) is 6.28. The molecule has 39 heavy (non-hydrogen) atoms. The highest BCUT2D eigenvalue weighted by Gasteiger charge is 2.20. The van der Waals surface area contributed by atoms with Crippen molar-refractivity contribution in [3.05, 3.63) is 119 Å². The summed E-state index contributed by atoms with van der Waals surface area (Å²) in [6, 6.07) is 31.0. The Hall–Kier alpha value is -4.62. The first-order chi connectivity index (χ1) is 19.0. The summed E-state index contributed by atoms with van der Waals surface area (Å²) in [4.78, 5) is 25.2. The van der Waals surface area contributed by atoms with Gasteiger partial charge in [-0.05, 0) is 66.7 Å². The lowest BCUT2D eigenvalue weighted by Gasteiger charge is -2.31. The van der Waals surface area contributed by atoms with Gasteiger partial charge in [0.15, 0.2) is 6.29 Å². The second kappa shape index (κ2) is 13.3. The molecule has 0 saturated heterocycles. The van der Waals surface area contributed by atoms with E-state index in [1.54, 1.807) is 25.3 Å². The van der Waals surface area contributed by atoms with Crippen LogP contribution in [0.1, 0.15) is 40.1 Å². The van der Waals surface area contributed by atoms with Crippen LogP contribution in [0.15, 0.2) is 97.1 Å². The average molecular weight is 524 g/mol. The molecule has 0 radical (unpaired) electrons. The highest BCUT2D eigenvalue weighted by molar-refractivity contribution is 5.88. The summed E-state index contributed by atoms with van der Waals surface area (Å²) in [6.45, 7) is 2.46. The molecule has 2 N–H and O–H groups in total. The van der Waals surface area contributed by atoms with Gasteiger partial charge in [-0.15, -0.1) is 0 Å². The molecule has 0 fully saturated rings. The fourth-order valence-electron chi connectivity index (χ4n) is 4.37. The van der Waals surface area contributed by atoms with Crippen molar-refractivity contribution >= 4 is 23.6 Å². The number of anilines is 2. The standard InChI is InChI=1S/C32H33N3O4/c1-23(37)33-28-14-16-29(17-15-28)39-22-27-19-25(13-18-31(27)38-3)32(34-30-12-8-7-11-26(30)21-36)35(2)20-24-9-5-4-6-10-24/h4-19,21,32,34H,20,22H2,1-3H3,(H,33,37). The first-order valence-corrected chi connectivity index (χ1v) is 12.7. The van der Waals surface area contributed by atoms with Crippen LogP contribution in [0.3, 0.4) is 0 Å². The van der Waals surface area contributed by atoms with Crippen LogP contribution in [0.2, 0.25) is 0 Å². The Morgan fingerprint density at radius 1 is 0.949 bits per heavy atom. The summed E-state index contributed by atoms with van der Waals surface area (Å²) in [5.41, 5.74) is 5.11. The summed E-state index contributed by atoms with van der Waals surface area (Å²) < 4.78 is 11.7. The zero-order valence-corrected chi connectivity index (χ0v) is 22.4. The van der Waals surface area contributed by atoms with Gasteiger partial charge in [0.25, 0.3) is 0 Å². The van der Waals surface area contributed by atoms with Crippen molar-refractivity contribution < 1.29 is 19.1 Å². The van der Waals surface area contributed by atoms with Crippen LogP contribution in [0.25, 0.3) is 0 Å². The number of hydrogen-bond donors (Lipinski definition) is 2. The van der Waals surface area contributed by atoms with E-state index in [-0.39, 0.29) is 18.7 Å². The largest absolute Gasteiger partial charge is 0.496 e. The zero-order valence-electron chi connectivity index (χ0n) is 22.4. The molecule has 0 heterocycles. The maximum atomic E-state index is 11.7. The first-order valence-electron chi connectivity index (χ1n) is 12.7. The van der Waals surface area contributed by atoms with Gasteiger partial charge < -0.3 is 20.1 Å². The van der Waals surface area contributed by atoms with Crippen molar-refractivity contribution in [2.45, 2.75) is 26.2 Å². The molecule has 1 amide bonds. The number of hydrogen-bond acceptors (Lipinski definition) is 6. The summed E-state index contributed by atoms with van der Waals surface area (Å²) in [5.74, 6) is 1.26. The van der Waals surface area contributed by atoms with Crippen molar-refractivity contribution in [3.8, 4) is 11.5 Å². The van der Waals surface area contributed by atoms with Gasteiger partial charge in [-0.2, -0.15) is 0 Å². The average Bonchev–Trinajstić information content (AvgIpc) is 2.95. The lowest BCUT2D eigenvalue weighted by atomic mass is 10.0. The molecular weight excluding hydrogens is 490 g/mol. The molecule has 0 saturated carbocycles. The minimum Gasteiger partial charge on any atom is -0.496 e. The number of nitrogens with zero attached hydrogens (tertiary/aromatic N) is 1. The Morgan fingerprint density at radius 3 is 2.36 bits per heavy atom. The van der Waals surface area contributed by atoms with Crippen molar-refractivity contribution in [1.29, 1.82) is 0 Å². The Labute approximate surface area is 229 Å². The minimum absolute atomic E-state index is 0.124. The normalized spacial score (nSPS) is 11.5. The van der Waals surface area contributed by atoms with Gasteiger partial charge in [-0.3, -0.25) is 14.5 Å². The molecule has 4 aromatic carbocycles. The van der Waals surface area contributed by atoms with Gasteiger partial charge in [0.2, 0.25) is 5.91 Å². The minimum atomic E-state index is -0.243. The van der Waals surface area contributed by atoms with Gasteiger partial charge >= 0.3 is 0 Å². The topological polar surface area (TPSA) is 79.9 Å². The second-order valence-corrected chi connectivity index (χ2v) is 9.22. The lowest BCUT2D eigenvalue weighted by molar-refractivity contribution is -0.114. The zero-order chi connectivity index (χ0) is 27.6. The first kappa shape index (κ1) is 27.4. The number of carbonyl (C=O) groups excluding carboxylic acids is 2. The van der Waals surface area contributed by atoms with E-state index in [9.17, 15) is 9.59 Å². The predicted molar refractivity (Wildman–Crippen MR) is 154 cm³/mol. The quantitative estimate of drug-likeness (QED) is 0.168. The molecule has 0 aliphatic heterocycles. The van der Waals surface area contributed by atoms with Gasteiger partial charge in [-0.1, -0.05) is 48.5 Å². The number of amides is 1. The number of aldehydes is 1. The van der Waals surface area contributed by atoms with E-state index in [0.717, 1.165) is 23.1 Å². The van der Waals surface area contributed by atoms with E-state index >= 15 is 0 Å². The van der Waals surface area contributed by atoms with Gasteiger partial charge in [0, 0.05) is 36.0 Å². The number of para-hydroxylation sites is 1. The maximum Gasteiger partial charge on any atom is 0.221 e. The number of benzene rings is 4. The predicted octanol–water partition coefficient (Wildman–Crippen LogP) is 6.29. The monoisotopic (exact) mass is 523 g/mol. The van der Waals surface area contributed by atoms with Crippen LogP contribution in [-0.4, -0.2) is 31.3 Å². The second-order valence-electron chi connectivity index (χ2n) is 9.22. The Balaban J connectivity index is 1.61. The third-order valence-corrected chi connectivity index (χ3v) is 6.28. The van der Waals surface area contributed by atoms with E-state index in [1.807, 2.05) is 67.7 Å². The SMILES string of the molecule is COc1ccc(C(Nc2ccccc2C=O)N(C)Cc2ccccc2)cc1COc1ccc(NC(C)=O)cc1. The summed E-state index contributed by atoms with van der Waals surface area (Å²) in [6.07, 6.45) is 0.620. The van der Waals surface area contributed by atoms with Crippen molar-refractivity contribution in [3.63, 3.8) is 0 Å². The number of ether oxygens (including phenoxy) is 2. The van der Waals surface area contributed by atoms with Crippen molar-refractivity contribution in [2.24, 2.45) is 0 Å². The highest BCUT2D eigenvalue weighted by atomic mass is 16.5. The molecule has 7 nitrogen and oxygen atoms in total. The van der Waals surface area contributed by atoms with Crippen LogP contribution in [0, 0.1) is 0 Å². The van der Waals surface area contributed by atoms with Crippen molar-refractivity contribution in [1.82, 2.24) is 4.90 Å². The van der Waals surface area contributed by atoms with Crippen LogP contribution in [-0.2, 0) is 17.9 Å². The molecule has 7 heteroatoms. The molecule has 0 aliphatic carbocycles. The fourth-order valence-corrected chi connectivity index (χ4v) is 4.37. The van der Waals surface area contributed by atoms with Gasteiger partial charge in [0.05, 0.1) is 7.11 Å². The van der Waals surface area contributed by atoms with E-state index in [0.29, 0.717) is 29.3 Å². The van der Waals surface area contributed by atoms with E-state index in [2.05, 4.69) is 33.7 Å². The highest BCUT2D eigenvalue weighted by Crippen LogP contribution is 2.30. The number of carbonyl (C=O) groups is 2. The molecule has 4 aromatic rings. The van der Waals surface area contributed by atoms with Crippen LogP contribution < -0.4 is 20.1 Å². The molecule has 0 spiro atoms. The summed E-state index contributed by atoms with van der Waals surface area (Å²) in [5, 5.41) is 6.33. The number of nitrogens with one attached hydrogen (secondary N) is 2. The molecule has 1 atom stereocenters. The Morgan fingerprint density at radius 2 is 1.67 bits per heavy atom. The fraction of sp³-hybridized carbons (Fsp3) is 0.188. The Kier molecular flexibility index (Phi) is 9.32. The molecule has 4 rings (SSSR count). The summed E-state index contributed by atoms with van der Waals surface area (Å²) in [7, 11) is 3.68. The molecule has 0 aromatic heterocycles. The van der Waals surface area contributed by atoms with E-state index < -0.39 is 0 Å². The number of rotatable bonds is 12.